The summed E-state index contributed by atoms with van der Waals surface area (Å²) < 4.78 is 5.61. The van der Waals surface area contributed by atoms with Gasteiger partial charge in [-0.3, -0.25) is 25.2 Å². The van der Waals surface area contributed by atoms with Crippen molar-refractivity contribution < 1.29 is 19.1 Å². The minimum absolute atomic E-state index is 0.0803. The van der Waals surface area contributed by atoms with Crippen molar-refractivity contribution in [1.82, 2.24) is 10.9 Å². The third-order valence-electron chi connectivity index (χ3n) is 4.18. The van der Waals surface area contributed by atoms with Gasteiger partial charge in [-0.2, -0.15) is 0 Å². The number of ether oxygens (including phenoxy) is 1. The van der Waals surface area contributed by atoms with Gasteiger partial charge in [0.25, 0.3) is 5.91 Å². The lowest BCUT2D eigenvalue weighted by Crippen LogP contribution is -2.41. The summed E-state index contributed by atoms with van der Waals surface area (Å²) in [7, 11) is 0. The Labute approximate surface area is 191 Å². The largest absolute Gasteiger partial charge is 0.494 e. The number of benzene rings is 2. The molecule has 2 aromatic carbocycles. The van der Waals surface area contributed by atoms with Gasteiger partial charge in [-0.25, -0.2) is 0 Å². The highest BCUT2D eigenvalue weighted by atomic mass is 35.5. The molecule has 0 saturated heterocycles. The van der Waals surface area contributed by atoms with Crippen LogP contribution in [0, 0.1) is 5.92 Å². The van der Waals surface area contributed by atoms with Crippen LogP contribution in [0.3, 0.4) is 0 Å². The van der Waals surface area contributed by atoms with Crippen molar-refractivity contribution in [2.24, 2.45) is 5.92 Å². The number of halogens is 2. The Bertz CT molecular complexity index is 917. The molecular formula is C22H25Cl2N3O4. The van der Waals surface area contributed by atoms with Gasteiger partial charge in [-0.05, 0) is 54.8 Å². The fourth-order valence-corrected chi connectivity index (χ4v) is 2.86. The van der Waals surface area contributed by atoms with E-state index < -0.39 is 17.7 Å². The lowest BCUT2D eigenvalue weighted by atomic mass is 10.1. The number of hydrazine groups is 1. The molecule has 7 nitrogen and oxygen atoms in total. The maximum atomic E-state index is 12.1. The average Bonchev–Trinajstić information content (AvgIpc) is 2.73. The molecule has 0 aliphatic carbocycles. The fourth-order valence-electron chi connectivity index (χ4n) is 2.41. The van der Waals surface area contributed by atoms with E-state index in [2.05, 4.69) is 30.0 Å². The number of carbonyl (C=O) groups excluding carboxylic acids is 3. The number of carbonyl (C=O) groups is 3. The van der Waals surface area contributed by atoms with Crippen LogP contribution in [-0.2, 0) is 9.59 Å². The topological polar surface area (TPSA) is 96.5 Å². The molecule has 166 valence electrons. The molecular weight excluding hydrogens is 441 g/mol. The molecule has 0 aliphatic heterocycles. The summed E-state index contributed by atoms with van der Waals surface area (Å²) in [6.45, 7) is 4.84. The van der Waals surface area contributed by atoms with Crippen LogP contribution < -0.4 is 20.9 Å². The van der Waals surface area contributed by atoms with Crippen molar-refractivity contribution in [2.45, 2.75) is 33.1 Å². The predicted octanol–water partition coefficient (Wildman–Crippen LogP) is 4.60. The minimum Gasteiger partial charge on any atom is -0.494 e. The number of rotatable bonds is 9. The van der Waals surface area contributed by atoms with Crippen molar-refractivity contribution in [2.75, 3.05) is 11.9 Å². The van der Waals surface area contributed by atoms with Crippen molar-refractivity contribution in [1.29, 1.82) is 0 Å². The molecule has 0 unspecified atom stereocenters. The lowest BCUT2D eigenvalue weighted by Gasteiger charge is -2.10. The quantitative estimate of drug-likeness (QED) is 0.471. The Hall–Kier alpha value is -2.77. The normalized spacial score (nSPS) is 10.5. The SMILES string of the molecule is CC(C)CCOc1ccc(C(=O)NNC(=O)CCC(=O)Nc2ccc(Cl)cc2Cl)cc1. The highest BCUT2D eigenvalue weighted by Crippen LogP contribution is 2.25. The first kappa shape index (κ1) is 24.5. The molecule has 2 rings (SSSR count). The second-order valence-electron chi connectivity index (χ2n) is 7.23. The first-order valence-electron chi connectivity index (χ1n) is 9.81. The summed E-state index contributed by atoms with van der Waals surface area (Å²) in [4.78, 5) is 36.0. The van der Waals surface area contributed by atoms with Gasteiger partial charge >= 0.3 is 0 Å². The standard InChI is InChI=1S/C22H25Cl2N3O4/c1-14(2)11-12-31-17-6-3-15(4-7-17)22(30)27-26-21(29)10-9-20(28)25-19-8-5-16(23)13-18(19)24/h3-8,13-14H,9-12H2,1-2H3,(H,25,28)(H,26,29)(H,27,30). The summed E-state index contributed by atoms with van der Waals surface area (Å²) >= 11 is 11.8. The van der Waals surface area contributed by atoms with Crippen LogP contribution >= 0.6 is 23.2 Å². The number of hydrogen-bond donors (Lipinski definition) is 3. The van der Waals surface area contributed by atoms with Gasteiger partial charge in [0.2, 0.25) is 11.8 Å². The number of hydrogen-bond acceptors (Lipinski definition) is 4. The summed E-state index contributed by atoms with van der Waals surface area (Å²) in [5, 5.41) is 3.35. The highest BCUT2D eigenvalue weighted by molar-refractivity contribution is 6.36. The van der Waals surface area contributed by atoms with Gasteiger partial charge in [0.1, 0.15) is 5.75 Å². The summed E-state index contributed by atoms with van der Waals surface area (Å²) in [5.41, 5.74) is 5.38. The molecule has 0 bridgehead atoms. The molecule has 31 heavy (non-hydrogen) atoms. The summed E-state index contributed by atoms with van der Waals surface area (Å²) in [6.07, 6.45) is 0.752. The molecule has 0 heterocycles. The van der Waals surface area contributed by atoms with Crippen LogP contribution in [0.1, 0.15) is 43.5 Å². The van der Waals surface area contributed by atoms with Gasteiger partial charge in [0, 0.05) is 23.4 Å². The minimum atomic E-state index is -0.501. The van der Waals surface area contributed by atoms with Gasteiger partial charge in [-0.1, -0.05) is 37.0 Å². The second kappa shape index (κ2) is 12.2. The molecule has 0 saturated carbocycles. The van der Waals surface area contributed by atoms with E-state index in [4.69, 9.17) is 27.9 Å². The first-order valence-corrected chi connectivity index (χ1v) is 10.6. The van der Waals surface area contributed by atoms with Crippen molar-refractivity contribution in [3.05, 3.63) is 58.1 Å². The first-order chi connectivity index (χ1) is 14.7. The van der Waals surface area contributed by atoms with Crippen LogP contribution in [0.5, 0.6) is 5.75 Å². The Balaban J connectivity index is 1.71. The number of anilines is 1. The molecule has 2 aromatic rings. The van der Waals surface area contributed by atoms with E-state index in [1.54, 1.807) is 36.4 Å². The Morgan fingerprint density at radius 1 is 0.935 bits per heavy atom. The highest BCUT2D eigenvalue weighted by Gasteiger charge is 2.11. The van der Waals surface area contributed by atoms with E-state index in [1.165, 1.54) is 6.07 Å². The smallest absolute Gasteiger partial charge is 0.269 e. The molecule has 3 amide bonds. The molecule has 9 heteroatoms. The number of amides is 3. The van der Waals surface area contributed by atoms with Crippen LogP contribution in [0.2, 0.25) is 10.0 Å². The van der Waals surface area contributed by atoms with Crippen LogP contribution in [0.4, 0.5) is 5.69 Å². The molecule has 0 fully saturated rings. The van der Waals surface area contributed by atoms with Crippen LogP contribution in [0.15, 0.2) is 42.5 Å². The molecule has 0 atom stereocenters. The Morgan fingerprint density at radius 3 is 2.26 bits per heavy atom. The second-order valence-corrected chi connectivity index (χ2v) is 8.07. The summed E-state index contributed by atoms with van der Waals surface area (Å²) in [6, 6.07) is 11.3. The van der Waals surface area contributed by atoms with Gasteiger partial charge in [0.05, 0.1) is 17.3 Å². The van der Waals surface area contributed by atoms with Gasteiger partial charge < -0.3 is 10.1 Å². The zero-order valence-corrected chi connectivity index (χ0v) is 18.8. The third kappa shape index (κ3) is 8.86. The van der Waals surface area contributed by atoms with Gasteiger partial charge in [-0.15, -0.1) is 0 Å². The Kier molecular flexibility index (Phi) is 9.62. The number of nitrogens with one attached hydrogen (secondary N) is 3. The van der Waals surface area contributed by atoms with Crippen molar-refractivity contribution >= 4 is 46.6 Å². The molecule has 0 radical (unpaired) electrons. The van der Waals surface area contributed by atoms with E-state index >= 15 is 0 Å². The van der Waals surface area contributed by atoms with Crippen molar-refractivity contribution in [3.8, 4) is 5.75 Å². The lowest BCUT2D eigenvalue weighted by molar-refractivity contribution is -0.124. The van der Waals surface area contributed by atoms with E-state index in [1.807, 2.05) is 0 Å². The van der Waals surface area contributed by atoms with Gasteiger partial charge in [0.15, 0.2) is 0 Å². The molecule has 0 spiro atoms. The van der Waals surface area contributed by atoms with Crippen LogP contribution in [0.25, 0.3) is 0 Å². The summed E-state index contributed by atoms with van der Waals surface area (Å²) in [5.74, 6) is -0.138. The maximum Gasteiger partial charge on any atom is 0.269 e. The third-order valence-corrected chi connectivity index (χ3v) is 4.73. The van der Waals surface area contributed by atoms with E-state index in [0.717, 1.165) is 6.42 Å². The zero-order valence-electron chi connectivity index (χ0n) is 17.3. The van der Waals surface area contributed by atoms with Crippen LogP contribution in [-0.4, -0.2) is 24.3 Å². The monoisotopic (exact) mass is 465 g/mol. The van der Waals surface area contributed by atoms with E-state index in [-0.39, 0.29) is 12.8 Å². The zero-order chi connectivity index (χ0) is 22.8. The molecule has 0 aromatic heterocycles. The van der Waals surface area contributed by atoms with Crippen molar-refractivity contribution in [3.63, 3.8) is 0 Å². The average molecular weight is 466 g/mol. The maximum absolute atomic E-state index is 12.1. The Morgan fingerprint density at radius 2 is 1.61 bits per heavy atom. The molecule has 0 aliphatic rings. The fraction of sp³-hybridized carbons (Fsp3) is 0.318. The molecule has 3 N–H and O–H groups in total. The predicted molar refractivity (Wildman–Crippen MR) is 121 cm³/mol. The van der Waals surface area contributed by atoms with E-state index in [0.29, 0.717) is 39.6 Å². The van der Waals surface area contributed by atoms with E-state index in [9.17, 15) is 14.4 Å².